The number of halogens is 5. The minimum Gasteiger partial charge on any atom is -0.403 e. The monoisotopic (exact) mass is 494 g/mol. The summed E-state index contributed by atoms with van der Waals surface area (Å²) in [6, 6.07) is 6.30. The summed E-state index contributed by atoms with van der Waals surface area (Å²) >= 11 is 3.37. The minimum absolute atomic E-state index is 0.150. The second-order valence-electron chi connectivity index (χ2n) is 7.02. The second-order valence-corrected chi connectivity index (χ2v) is 9.84. The maximum absolute atomic E-state index is 14.4. The summed E-state index contributed by atoms with van der Waals surface area (Å²) < 4.78 is 71.1. The van der Waals surface area contributed by atoms with Crippen LogP contribution < -0.4 is 9.46 Å². The number of pyridine rings is 1. The number of benzene rings is 1. The van der Waals surface area contributed by atoms with Crippen molar-refractivity contribution in [2.24, 2.45) is 0 Å². The molecule has 0 radical (unpaired) electrons. The zero-order valence-corrected chi connectivity index (χ0v) is 18.2. The van der Waals surface area contributed by atoms with Gasteiger partial charge in [0.05, 0.1) is 21.4 Å². The molecule has 1 unspecified atom stereocenters. The van der Waals surface area contributed by atoms with E-state index in [1.54, 1.807) is 32.9 Å². The molecule has 0 saturated carbocycles. The average Bonchev–Trinajstić information content (AvgIpc) is 2.60. The lowest BCUT2D eigenvalue weighted by atomic mass is 9.87. The van der Waals surface area contributed by atoms with Crippen LogP contribution in [0.5, 0.6) is 5.75 Å². The second kappa shape index (κ2) is 8.53. The first-order chi connectivity index (χ1) is 13.3. The summed E-state index contributed by atoms with van der Waals surface area (Å²) in [5.41, 5.74) is -0.997. The molecule has 2 rings (SSSR count). The van der Waals surface area contributed by atoms with E-state index in [1.807, 2.05) is 0 Å². The largest absolute Gasteiger partial charge is 0.573 e. The van der Waals surface area contributed by atoms with Gasteiger partial charge in [0.15, 0.2) is 11.6 Å². The first-order valence-corrected chi connectivity index (χ1v) is 10.2. The highest BCUT2D eigenvalue weighted by molar-refractivity contribution is 9.10. The van der Waals surface area contributed by atoms with E-state index < -0.39 is 39.2 Å². The van der Waals surface area contributed by atoms with Crippen molar-refractivity contribution in [3.63, 3.8) is 0 Å². The van der Waals surface area contributed by atoms with Crippen LogP contribution in [0, 0.1) is 5.82 Å². The first-order valence-electron chi connectivity index (χ1n) is 8.30. The van der Waals surface area contributed by atoms with Gasteiger partial charge in [-0.25, -0.2) is 13.3 Å². The number of rotatable bonds is 6. The van der Waals surface area contributed by atoms with Crippen LogP contribution in [-0.4, -0.2) is 20.3 Å². The van der Waals surface area contributed by atoms with E-state index in [0.29, 0.717) is 10.2 Å². The fourth-order valence-electron chi connectivity index (χ4n) is 2.43. The Hall–Kier alpha value is -1.78. The Balaban J connectivity index is 2.68. The van der Waals surface area contributed by atoms with E-state index in [9.17, 15) is 21.8 Å². The van der Waals surface area contributed by atoms with Crippen LogP contribution in [0.3, 0.4) is 0 Å². The van der Waals surface area contributed by atoms with E-state index in [1.165, 1.54) is 18.3 Å². The Kier molecular flexibility index (Phi) is 6.91. The molecule has 158 valence electrons. The molecule has 1 N–H and O–H groups in total. The summed E-state index contributed by atoms with van der Waals surface area (Å²) in [4.78, 5) is 4.30. The van der Waals surface area contributed by atoms with Gasteiger partial charge < -0.3 is 4.74 Å². The van der Waals surface area contributed by atoms with Gasteiger partial charge >= 0.3 is 6.36 Å². The number of aromatic nitrogens is 1. The summed E-state index contributed by atoms with van der Waals surface area (Å²) in [5.74, 6) is -2.21. The lowest BCUT2D eigenvalue weighted by Crippen LogP contribution is -2.48. The standard InChI is InChI=1S/C19H19BrF4N2O2S/c1-5-18(26-29(27)17(2,3)4,16-13(20)7-6-10-25-16)12-8-9-15(14(21)11-12)28-19(22,23)24/h5-11,26H,1H2,2-4H3/t18?,29-/m1/s1. The molecule has 0 saturated heterocycles. The fourth-order valence-corrected chi connectivity index (χ4v) is 3.89. The molecule has 0 amide bonds. The molecular formula is C19H19BrF4N2O2S. The molecule has 29 heavy (non-hydrogen) atoms. The van der Waals surface area contributed by atoms with Crippen molar-refractivity contribution in [1.29, 1.82) is 0 Å². The van der Waals surface area contributed by atoms with Crippen molar-refractivity contribution < 1.29 is 26.5 Å². The highest BCUT2D eigenvalue weighted by Crippen LogP contribution is 2.37. The third-order valence-electron chi connectivity index (χ3n) is 3.86. The molecule has 0 fully saturated rings. The van der Waals surface area contributed by atoms with Gasteiger partial charge in [0.1, 0.15) is 5.54 Å². The lowest BCUT2D eigenvalue weighted by Gasteiger charge is -2.34. The Morgan fingerprint density at radius 2 is 1.90 bits per heavy atom. The Morgan fingerprint density at radius 3 is 2.38 bits per heavy atom. The number of ether oxygens (including phenoxy) is 1. The van der Waals surface area contributed by atoms with Gasteiger partial charge in [-0.15, -0.1) is 19.8 Å². The van der Waals surface area contributed by atoms with Crippen LogP contribution in [0.25, 0.3) is 0 Å². The molecule has 0 spiro atoms. The van der Waals surface area contributed by atoms with E-state index >= 15 is 0 Å². The summed E-state index contributed by atoms with van der Waals surface area (Å²) in [6.45, 7) is 8.99. The molecule has 4 nitrogen and oxygen atoms in total. The predicted molar refractivity (Wildman–Crippen MR) is 107 cm³/mol. The van der Waals surface area contributed by atoms with Crippen LogP contribution in [0.4, 0.5) is 17.6 Å². The fraction of sp³-hybridized carbons (Fsp3) is 0.316. The molecular weight excluding hydrogens is 476 g/mol. The normalized spacial score (nSPS) is 15.4. The Labute approximate surface area is 177 Å². The number of hydrogen-bond acceptors (Lipinski definition) is 3. The zero-order valence-electron chi connectivity index (χ0n) is 15.8. The van der Waals surface area contributed by atoms with Crippen molar-refractivity contribution >= 4 is 26.9 Å². The van der Waals surface area contributed by atoms with E-state index in [2.05, 4.69) is 37.0 Å². The van der Waals surface area contributed by atoms with Crippen molar-refractivity contribution in [2.45, 2.75) is 37.4 Å². The Bertz CT molecular complexity index is 931. The molecule has 0 aliphatic carbocycles. The smallest absolute Gasteiger partial charge is 0.403 e. The molecule has 0 aliphatic rings. The van der Waals surface area contributed by atoms with Gasteiger partial charge in [-0.05, 0) is 66.5 Å². The third-order valence-corrected chi connectivity index (χ3v) is 6.12. The van der Waals surface area contributed by atoms with Crippen molar-refractivity contribution in [2.75, 3.05) is 0 Å². The van der Waals surface area contributed by atoms with Crippen LogP contribution in [0.2, 0.25) is 0 Å². The number of alkyl halides is 3. The van der Waals surface area contributed by atoms with Crippen LogP contribution in [0.1, 0.15) is 32.0 Å². The molecule has 0 bridgehead atoms. The zero-order chi connectivity index (χ0) is 22.0. The van der Waals surface area contributed by atoms with Gasteiger partial charge in [0, 0.05) is 10.7 Å². The molecule has 1 aromatic heterocycles. The quantitative estimate of drug-likeness (QED) is 0.434. The van der Waals surface area contributed by atoms with Crippen molar-refractivity contribution in [3.8, 4) is 5.75 Å². The van der Waals surface area contributed by atoms with Crippen LogP contribution in [-0.2, 0) is 16.5 Å². The molecule has 10 heteroatoms. The van der Waals surface area contributed by atoms with Crippen molar-refractivity contribution in [1.82, 2.24) is 9.71 Å². The topological polar surface area (TPSA) is 51.2 Å². The van der Waals surface area contributed by atoms with Gasteiger partial charge in [0.25, 0.3) is 0 Å². The van der Waals surface area contributed by atoms with Gasteiger partial charge in [-0.3, -0.25) is 4.98 Å². The lowest BCUT2D eigenvalue weighted by molar-refractivity contribution is -0.275. The molecule has 2 aromatic rings. The van der Waals surface area contributed by atoms with Gasteiger partial charge in [0.2, 0.25) is 0 Å². The van der Waals surface area contributed by atoms with Gasteiger partial charge in [-0.2, -0.15) is 0 Å². The predicted octanol–water partition coefficient (Wildman–Crippen LogP) is 5.36. The molecule has 1 heterocycles. The Morgan fingerprint density at radius 1 is 1.24 bits per heavy atom. The highest BCUT2D eigenvalue weighted by Gasteiger charge is 2.39. The van der Waals surface area contributed by atoms with Gasteiger partial charge in [-0.1, -0.05) is 12.1 Å². The molecule has 0 aliphatic heterocycles. The molecule has 2 atom stereocenters. The highest BCUT2D eigenvalue weighted by atomic mass is 79.9. The minimum atomic E-state index is -5.03. The maximum atomic E-state index is 14.4. The van der Waals surface area contributed by atoms with Crippen molar-refractivity contribution in [3.05, 3.63) is 70.7 Å². The van der Waals surface area contributed by atoms with Crippen LogP contribution >= 0.6 is 15.9 Å². The third kappa shape index (κ3) is 5.43. The SMILES string of the molecule is C=CC(N[S@](=O)C(C)(C)C)(c1ccc(OC(F)(F)F)c(F)c1)c1ncccc1Br. The summed E-state index contributed by atoms with van der Waals surface area (Å²) in [6.07, 6.45) is -2.17. The first kappa shape index (κ1) is 23.5. The molecule has 1 aromatic carbocycles. The summed E-state index contributed by atoms with van der Waals surface area (Å²) in [5, 5.41) is 0. The van der Waals surface area contributed by atoms with E-state index in [0.717, 1.165) is 12.1 Å². The summed E-state index contributed by atoms with van der Waals surface area (Å²) in [7, 11) is -1.66. The van der Waals surface area contributed by atoms with E-state index in [4.69, 9.17) is 0 Å². The van der Waals surface area contributed by atoms with E-state index in [-0.39, 0.29) is 5.56 Å². The average molecular weight is 495 g/mol. The number of nitrogens with zero attached hydrogens (tertiary/aromatic N) is 1. The number of hydrogen-bond donors (Lipinski definition) is 1. The van der Waals surface area contributed by atoms with Crippen LogP contribution in [0.15, 0.2) is 53.7 Å². The maximum Gasteiger partial charge on any atom is 0.573 e. The number of nitrogens with one attached hydrogen (secondary N) is 1.